The lowest BCUT2D eigenvalue weighted by atomic mass is 9.88. The third-order valence-corrected chi connectivity index (χ3v) is 6.16. The van der Waals surface area contributed by atoms with Crippen molar-refractivity contribution in [1.82, 2.24) is 10.2 Å². The average molecular weight is 276 g/mol. The van der Waals surface area contributed by atoms with Gasteiger partial charge in [-0.25, -0.2) is 0 Å². The van der Waals surface area contributed by atoms with E-state index >= 15 is 0 Å². The molecule has 114 valence electrons. The lowest BCUT2D eigenvalue weighted by molar-refractivity contribution is 0.0927. The summed E-state index contributed by atoms with van der Waals surface area (Å²) in [6, 6.07) is 1.73. The molecule has 1 N–H and O–H groups in total. The normalized spacial score (nSPS) is 36.6. The van der Waals surface area contributed by atoms with Gasteiger partial charge < -0.3 is 5.32 Å². The number of hydrogen-bond acceptors (Lipinski definition) is 2. The number of likely N-dealkylation sites (tertiary alicyclic amines) is 1. The van der Waals surface area contributed by atoms with Gasteiger partial charge in [0.2, 0.25) is 0 Å². The fraction of sp³-hybridized carbons (Fsp3) is 1.00. The molecule has 1 heterocycles. The van der Waals surface area contributed by atoms with Gasteiger partial charge in [0.05, 0.1) is 0 Å². The second-order valence-electron chi connectivity index (χ2n) is 8.22. The summed E-state index contributed by atoms with van der Waals surface area (Å²) in [5, 5.41) is 3.92. The average Bonchev–Trinajstić information content (AvgIpc) is 3.38. The third-order valence-electron chi connectivity index (χ3n) is 6.16. The Bertz CT molecular complexity index is 315. The van der Waals surface area contributed by atoms with E-state index in [1.807, 2.05) is 0 Å². The Hall–Kier alpha value is -0.0800. The summed E-state index contributed by atoms with van der Waals surface area (Å²) in [5.41, 5.74) is 0. The summed E-state index contributed by atoms with van der Waals surface area (Å²) in [4.78, 5) is 2.88. The monoisotopic (exact) mass is 276 g/mol. The highest BCUT2D eigenvalue weighted by Gasteiger charge is 2.35. The number of hydrogen-bond donors (Lipinski definition) is 1. The zero-order valence-corrected chi connectivity index (χ0v) is 13.0. The van der Waals surface area contributed by atoms with E-state index in [1.165, 1.54) is 83.8 Å². The SMILES string of the molecule is C1CCC(N2CC(CC3CC3)CC(NCC3CC3)C2)C1. The zero-order valence-electron chi connectivity index (χ0n) is 13.0. The molecule has 0 aromatic carbocycles. The Balaban J connectivity index is 1.33. The van der Waals surface area contributed by atoms with Crippen LogP contribution in [0.5, 0.6) is 0 Å². The van der Waals surface area contributed by atoms with E-state index in [4.69, 9.17) is 0 Å². The number of nitrogens with one attached hydrogen (secondary N) is 1. The Labute approximate surface area is 124 Å². The molecule has 0 radical (unpaired) electrons. The van der Waals surface area contributed by atoms with Crippen molar-refractivity contribution < 1.29 is 0 Å². The van der Waals surface area contributed by atoms with Crippen LogP contribution in [0, 0.1) is 17.8 Å². The first kappa shape index (κ1) is 13.6. The minimum absolute atomic E-state index is 0.800. The molecule has 3 aliphatic carbocycles. The molecule has 20 heavy (non-hydrogen) atoms. The first-order chi connectivity index (χ1) is 9.87. The van der Waals surface area contributed by atoms with Crippen molar-refractivity contribution in [2.24, 2.45) is 17.8 Å². The summed E-state index contributed by atoms with van der Waals surface area (Å²) >= 11 is 0. The highest BCUT2D eigenvalue weighted by atomic mass is 15.2. The maximum absolute atomic E-state index is 3.92. The summed E-state index contributed by atoms with van der Waals surface area (Å²) in [6.07, 6.45) is 14.9. The smallest absolute Gasteiger partial charge is 0.0198 e. The van der Waals surface area contributed by atoms with E-state index < -0.39 is 0 Å². The van der Waals surface area contributed by atoms with E-state index in [0.717, 1.165) is 29.8 Å². The molecule has 2 atom stereocenters. The molecular weight excluding hydrogens is 244 g/mol. The molecule has 4 rings (SSSR count). The lowest BCUT2D eigenvalue weighted by Crippen LogP contribution is -2.52. The quantitative estimate of drug-likeness (QED) is 0.799. The van der Waals surface area contributed by atoms with Crippen LogP contribution in [0.25, 0.3) is 0 Å². The van der Waals surface area contributed by atoms with Crippen LogP contribution in [-0.4, -0.2) is 36.6 Å². The van der Waals surface area contributed by atoms with Crippen LogP contribution in [-0.2, 0) is 0 Å². The predicted molar refractivity (Wildman–Crippen MR) is 83.8 cm³/mol. The Kier molecular flexibility index (Phi) is 4.05. The van der Waals surface area contributed by atoms with Crippen LogP contribution < -0.4 is 5.32 Å². The molecule has 0 amide bonds. The minimum atomic E-state index is 0.800. The van der Waals surface area contributed by atoms with Gasteiger partial charge in [0.15, 0.2) is 0 Å². The van der Waals surface area contributed by atoms with Crippen molar-refractivity contribution in [3.8, 4) is 0 Å². The first-order valence-electron chi connectivity index (χ1n) is 9.34. The fourth-order valence-electron chi connectivity index (χ4n) is 4.61. The highest BCUT2D eigenvalue weighted by Crippen LogP contribution is 2.39. The van der Waals surface area contributed by atoms with Crippen LogP contribution in [0.15, 0.2) is 0 Å². The fourth-order valence-corrected chi connectivity index (χ4v) is 4.61. The molecule has 4 aliphatic rings. The van der Waals surface area contributed by atoms with Gasteiger partial charge in [-0.2, -0.15) is 0 Å². The summed E-state index contributed by atoms with van der Waals surface area (Å²) in [5.74, 6) is 3.12. The molecule has 2 nitrogen and oxygen atoms in total. The van der Waals surface area contributed by atoms with Crippen molar-refractivity contribution in [3.05, 3.63) is 0 Å². The van der Waals surface area contributed by atoms with Gasteiger partial charge in [0.1, 0.15) is 0 Å². The van der Waals surface area contributed by atoms with E-state index in [2.05, 4.69) is 10.2 Å². The standard InChI is InChI=1S/C18H32N2/c1-2-4-18(3-1)20-12-16(9-14-5-6-14)10-17(13-20)19-11-15-7-8-15/h14-19H,1-13H2. The molecule has 0 bridgehead atoms. The second kappa shape index (κ2) is 5.96. The van der Waals surface area contributed by atoms with Crippen molar-refractivity contribution >= 4 is 0 Å². The van der Waals surface area contributed by atoms with E-state index in [0.29, 0.717) is 0 Å². The summed E-state index contributed by atoms with van der Waals surface area (Å²) in [6.45, 7) is 4.07. The van der Waals surface area contributed by atoms with E-state index in [1.54, 1.807) is 0 Å². The van der Waals surface area contributed by atoms with Gasteiger partial charge in [-0.1, -0.05) is 25.7 Å². The largest absolute Gasteiger partial charge is 0.312 e. The molecule has 2 heteroatoms. The van der Waals surface area contributed by atoms with Crippen molar-refractivity contribution in [3.63, 3.8) is 0 Å². The first-order valence-corrected chi connectivity index (χ1v) is 9.34. The number of nitrogens with zero attached hydrogens (tertiary/aromatic N) is 1. The van der Waals surface area contributed by atoms with Gasteiger partial charge >= 0.3 is 0 Å². The van der Waals surface area contributed by atoms with Gasteiger partial charge in [-0.15, -0.1) is 0 Å². The molecule has 3 saturated carbocycles. The summed E-state index contributed by atoms with van der Waals surface area (Å²) in [7, 11) is 0. The van der Waals surface area contributed by atoms with Crippen molar-refractivity contribution in [2.45, 2.75) is 76.3 Å². The lowest BCUT2D eigenvalue weighted by Gasteiger charge is -2.41. The van der Waals surface area contributed by atoms with Gasteiger partial charge in [-0.05, 0) is 62.8 Å². The molecule has 4 fully saturated rings. The minimum Gasteiger partial charge on any atom is -0.312 e. The highest BCUT2D eigenvalue weighted by molar-refractivity contribution is 4.91. The maximum atomic E-state index is 3.92. The van der Waals surface area contributed by atoms with Crippen molar-refractivity contribution in [2.75, 3.05) is 19.6 Å². The second-order valence-corrected chi connectivity index (χ2v) is 8.22. The Morgan fingerprint density at radius 3 is 2.25 bits per heavy atom. The molecule has 2 unspecified atom stereocenters. The zero-order chi connectivity index (χ0) is 13.4. The van der Waals surface area contributed by atoms with Gasteiger partial charge in [0.25, 0.3) is 0 Å². The summed E-state index contributed by atoms with van der Waals surface area (Å²) < 4.78 is 0. The predicted octanol–water partition coefficient (Wildman–Crippen LogP) is 3.42. The third kappa shape index (κ3) is 3.57. The molecule has 0 spiro atoms. The van der Waals surface area contributed by atoms with Crippen LogP contribution in [0.3, 0.4) is 0 Å². The topological polar surface area (TPSA) is 15.3 Å². The Morgan fingerprint density at radius 2 is 1.55 bits per heavy atom. The van der Waals surface area contributed by atoms with E-state index in [-0.39, 0.29) is 0 Å². The van der Waals surface area contributed by atoms with Crippen LogP contribution in [0.4, 0.5) is 0 Å². The molecular formula is C18H32N2. The number of rotatable bonds is 6. The van der Waals surface area contributed by atoms with Gasteiger partial charge in [0, 0.05) is 25.2 Å². The molecule has 0 aromatic rings. The van der Waals surface area contributed by atoms with Crippen LogP contribution >= 0.6 is 0 Å². The maximum Gasteiger partial charge on any atom is 0.0198 e. The molecule has 0 aromatic heterocycles. The van der Waals surface area contributed by atoms with Gasteiger partial charge in [-0.3, -0.25) is 4.90 Å². The van der Waals surface area contributed by atoms with Crippen LogP contribution in [0.2, 0.25) is 0 Å². The van der Waals surface area contributed by atoms with Crippen molar-refractivity contribution in [1.29, 1.82) is 0 Å². The number of piperidine rings is 1. The van der Waals surface area contributed by atoms with E-state index in [9.17, 15) is 0 Å². The Morgan fingerprint density at radius 1 is 0.800 bits per heavy atom. The molecule has 1 saturated heterocycles. The van der Waals surface area contributed by atoms with Crippen LogP contribution in [0.1, 0.15) is 64.2 Å². The molecule has 1 aliphatic heterocycles.